The maximum atomic E-state index is 10.9. The van der Waals surface area contributed by atoms with Gasteiger partial charge in [0.25, 0.3) is 0 Å². The number of hydrogen-bond donors (Lipinski definition) is 2. The van der Waals surface area contributed by atoms with Crippen LogP contribution >= 0.6 is 0 Å². The van der Waals surface area contributed by atoms with Gasteiger partial charge in [0.05, 0.1) is 6.04 Å². The van der Waals surface area contributed by atoms with Gasteiger partial charge in [-0.3, -0.25) is 0 Å². The van der Waals surface area contributed by atoms with Crippen molar-refractivity contribution in [2.75, 3.05) is 5.32 Å². The van der Waals surface area contributed by atoms with Gasteiger partial charge in [0, 0.05) is 12.1 Å². The van der Waals surface area contributed by atoms with Gasteiger partial charge in [-0.1, -0.05) is 13.8 Å². The zero-order chi connectivity index (χ0) is 11.7. The number of carboxylic acid groups (broad SMARTS) is 1. The number of carboxylic acids is 1. The fourth-order valence-corrected chi connectivity index (χ4v) is 2.19. The Morgan fingerprint density at radius 2 is 2.38 bits per heavy atom. The smallest absolute Gasteiger partial charge is 0.356 e. The van der Waals surface area contributed by atoms with Gasteiger partial charge in [-0.25, -0.2) is 9.48 Å². The van der Waals surface area contributed by atoms with Crippen LogP contribution in [0.3, 0.4) is 0 Å². The molecule has 2 rings (SSSR count). The molecule has 0 aliphatic carbocycles. The summed E-state index contributed by atoms with van der Waals surface area (Å²) in [6.07, 6.45) is 3.04. The first-order chi connectivity index (χ1) is 7.65. The molecule has 0 radical (unpaired) electrons. The molecule has 0 bridgehead atoms. The third kappa shape index (κ3) is 1.77. The topological polar surface area (TPSA) is 67.2 Å². The molecule has 1 aromatic heterocycles. The second kappa shape index (κ2) is 4.15. The molecule has 16 heavy (non-hydrogen) atoms. The highest BCUT2D eigenvalue weighted by atomic mass is 16.4. The molecular formula is C11H17N3O2. The Morgan fingerprint density at radius 3 is 2.94 bits per heavy atom. The number of aromatic carboxylic acids is 1. The van der Waals surface area contributed by atoms with Crippen molar-refractivity contribution < 1.29 is 9.90 Å². The fraction of sp³-hybridized carbons (Fsp3) is 0.636. The van der Waals surface area contributed by atoms with Crippen LogP contribution in [0.25, 0.3) is 0 Å². The fourth-order valence-electron chi connectivity index (χ4n) is 2.19. The standard InChI is InChI=1S/C11H17N3O2/c1-3-7-5-8(4-2)14-10(12-7)6-9(13-14)11(15)16/h6-8,12H,3-5H2,1-2H3,(H,15,16). The minimum absolute atomic E-state index is 0.123. The summed E-state index contributed by atoms with van der Waals surface area (Å²) in [5.41, 5.74) is 0.123. The molecular weight excluding hydrogens is 206 g/mol. The van der Waals surface area contributed by atoms with E-state index >= 15 is 0 Å². The molecule has 0 aromatic carbocycles. The largest absolute Gasteiger partial charge is 0.476 e. The lowest BCUT2D eigenvalue weighted by atomic mass is 10.0. The summed E-state index contributed by atoms with van der Waals surface area (Å²) in [6.45, 7) is 4.24. The lowest BCUT2D eigenvalue weighted by Gasteiger charge is -2.31. The molecule has 0 amide bonds. The van der Waals surface area contributed by atoms with Crippen molar-refractivity contribution in [3.05, 3.63) is 11.8 Å². The van der Waals surface area contributed by atoms with Crippen LogP contribution in [0.15, 0.2) is 6.07 Å². The molecule has 0 saturated carbocycles. The molecule has 2 unspecified atom stereocenters. The van der Waals surface area contributed by atoms with E-state index in [9.17, 15) is 4.79 Å². The molecule has 2 atom stereocenters. The van der Waals surface area contributed by atoms with E-state index in [1.807, 2.05) is 4.68 Å². The van der Waals surface area contributed by atoms with Crippen LogP contribution in [0.2, 0.25) is 0 Å². The van der Waals surface area contributed by atoms with E-state index in [1.54, 1.807) is 6.07 Å². The van der Waals surface area contributed by atoms with Crippen molar-refractivity contribution in [2.24, 2.45) is 0 Å². The van der Waals surface area contributed by atoms with Gasteiger partial charge >= 0.3 is 5.97 Å². The minimum Gasteiger partial charge on any atom is -0.476 e. The van der Waals surface area contributed by atoms with Gasteiger partial charge < -0.3 is 10.4 Å². The molecule has 1 aliphatic heterocycles. The zero-order valence-corrected chi connectivity index (χ0v) is 9.60. The van der Waals surface area contributed by atoms with Crippen molar-refractivity contribution in [1.82, 2.24) is 9.78 Å². The van der Waals surface area contributed by atoms with Crippen LogP contribution < -0.4 is 5.32 Å². The number of fused-ring (bicyclic) bond motifs is 1. The quantitative estimate of drug-likeness (QED) is 0.823. The van der Waals surface area contributed by atoms with E-state index in [2.05, 4.69) is 24.3 Å². The van der Waals surface area contributed by atoms with Crippen molar-refractivity contribution in [3.8, 4) is 0 Å². The SMILES string of the molecule is CCC1CC(CC)n2nc(C(=O)O)cc2N1. The Balaban J connectivity index is 2.34. The molecule has 2 N–H and O–H groups in total. The normalized spacial score (nSPS) is 23.6. The Bertz CT molecular complexity index is 400. The summed E-state index contributed by atoms with van der Waals surface area (Å²) in [7, 11) is 0. The summed E-state index contributed by atoms with van der Waals surface area (Å²) in [4.78, 5) is 10.9. The van der Waals surface area contributed by atoms with Crippen molar-refractivity contribution in [2.45, 2.75) is 45.2 Å². The number of aromatic nitrogens is 2. The first kappa shape index (κ1) is 11.0. The number of carbonyl (C=O) groups is 1. The third-order valence-corrected chi connectivity index (χ3v) is 3.17. The third-order valence-electron chi connectivity index (χ3n) is 3.17. The van der Waals surface area contributed by atoms with E-state index in [0.29, 0.717) is 12.1 Å². The second-order valence-corrected chi connectivity index (χ2v) is 4.21. The highest BCUT2D eigenvalue weighted by Crippen LogP contribution is 2.30. The van der Waals surface area contributed by atoms with E-state index < -0.39 is 5.97 Å². The highest BCUT2D eigenvalue weighted by Gasteiger charge is 2.26. The number of nitrogens with one attached hydrogen (secondary N) is 1. The Hall–Kier alpha value is -1.52. The van der Waals surface area contributed by atoms with Gasteiger partial charge in [0.15, 0.2) is 5.69 Å². The average Bonchev–Trinajstić information content (AvgIpc) is 2.71. The summed E-state index contributed by atoms with van der Waals surface area (Å²) < 4.78 is 1.82. The van der Waals surface area contributed by atoms with Crippen LogP contribution in [-0.2, 0) is 0 Å². The predicted molar refractivity (Wildman–Crippen MR) is 60.8 cm³/mol. The zero-order valence-electron chi connectivity index (χ0n) is 9.60. The van der Waals surface area contributed by atoms with Gasteiger partial charge in [-0.2, -0.15) is 5.10 Å². The summed E-state index contributed by atoms with van der Waals surface area (Å²) >= 11 is 0. The van der Waals surface area contributed by atoms with E-state index in [4.69, 9.17) is 5.11 Å². The molecule has 0 fully saturated rings. The number of rotatable bonds is 3. The van der Waals surface area contributed by atoms with Crippen LogP contribution in [0.1, 0.15) is 49.6 Å². The monoisotopic (exact) mass is 223 g/mol. The Morgan fingerprint density at radius 1 is 1.62 bits per heavy atom. The van der Waals surface area contributed by atoms with E-state index in [1.165, 1.54) is 0 Å². The molecule has 5 heteroatoms. The van der Waals surface area contributed by atoms with Crippen molar-refractivity contribution in [3.63, 3.8) is 0 Å². The number of nitrogens with zero attached hydrogens (tertiary/aromatic N) is 2. The van der Waals surface area contributed by atoms with Gasteiger partial charge in [0.2, 0.25) is 0 Å². The van der Waals surface area contributed by atoms with Crippen LogP contribution in [-0.4, -0.2) is 26.9 Å². The molecule has 0 spiro atoms. The molecule has 5 nitrogen and oxygen atoms in total. The summed E-state index contributed by atoms with van der Waals surface area (Å²) in [5.74, 6) is -0.131. The van der Waals surface area contributed by atoms with Crippen molar-refractivity contribution in [1.29, 1.82) is 0 Å². The number of anilines is 1. The molecule has 88 valence electrons. The average molecular weight is 223 g/mol. The van der Waals surface area contributed by atoms with Gasteiger partial charge in [0.1, 0.15) is 5.82 Å². The lowest BCUT2D eigenvalue weighted by Crippen LogP contribution is -2.31. The van der Waals surface area contributed by atoms with Gasteiger partial charge in [-0.05, 0) is 19.3 Å². The molecule has 1 aromatic rings. The van der Waals surface area contributed by atoms with E-state index in [-0.39, 0.29) is 5.69 Å². The first-order valence-corrected chi connectivity index (χ1v) is 5.75. The molecule has 1 aliphatic rings. The Labute approximate surface area is 94.5 Å². The Kier molecular flexibility index (Phi) is 2.85. The van der Waals surface area contributed by atoms with Crippen molar-refractivity contribution >= 4 is 11.8 Å². The maximum Gasteiger partial charge on any atom is 0.356 e. The highest BCUT2D eigenvalue weighted by molar-refractivity contribution is 5.86. The summed E-state index contributed by atoms with van der Waals surface area (Å²) in [6, 6.07) is 2.36. The van der Waals surface area contributed by atoms with E-state index in [0.717, 1.165) is 25.1 Å². The molecule has 0 saturated heterocycles. The van der Waals surface area contributed by atoms with Crippen LogP contribution in [0.4, 0.5) is 5.82 Å². The maximum absolute atomic E-state index is 10.9. The van der Waals surface area contributed by atoms with Crippen LogP contribution in [0, 0.1) is 0 Å². The summed E-state index contributed by atoms with van der Waals surface area (Å²) in [5, 5.41) is 16.4. The number of hydrogen-bond acceptors (Lipinski definition) is 3. The predicted octanol–water partition coefficient (Wildman–Crippen LogP) is 2.13. The van der Waals surface area contributed by atoms with Gasteiger partial charge in [-0.15, -0.1) is 0 Å². The van der Waals surface area contributed by atoms with Crippen LogP contribution in [0.5, 0.6) is 0 Å². The molecule has 2 heterocycles. The lowest BCUT2D eigenvalue weighted by molar-refractivity contribution is 0.0689. The second-order valence-electron chi connectivity index (χ2n) is 4.21. The first-order valence-electron chi connectivity index (χ1n) is 5.75. The minimum atomic E-state index is -0.966.